The molecule has 1 aromatic rings. The Labute approximate surface area is 152 Å². The number of carbonyl (C=O) groups is 1. The van der Waals surface area contributed by atoms with E-state index < -0.39 is 39.7 Å². The molecule has 0 radical (unpaired) electrons. The lowest BCUT2D eigenvalue weighted by atomic mass is 9.99. The number of hydrogen-bond acceptors (Lipinski definition) is 8. The minimum Gasteiger partial charge on any atom is -0.363 e. The number of Topliss-reactive ketones (excluding diaryl/α,β-unsaturated/α-hetero) is 1. The molecule has 26 heavy (non-hydrogen) atoms. The Bertz CT molecular complexity index is 760. The maximum Gasteiger partial charge on any atom is 0.264 e. The molecule has 0 bridgehead atoms. The molecule has 3 rings (SSSR count). The predicted octanol–water partition coefficient (Wildman–Crippen LogP) is 0.995. The number of ketones is 1. The van der Waals surface area contributed by atoms with Crippen molar-refractivity contribution in [3.05, 3.63) is 35.9 Å². The van der Waals surface area contributed by atoms with E-state index in [0.717, 1.165) is 11.8 Å². The average molecular weight is 386 g/mol. The Balaban J connectivity index is 1.81. The van der Waals surface area contributed by atoms with Crippen molar-refractivity contribution >= 4 is 15.9 Å². The molecule has 0 aliphatic carbocycles. The summed E-state index contributed by atoms with van der Waals surface area (Å²) in [6, 6.07) is 9.22. The highest BCUT2D eigenvalue weighted by molar-refractivity contribution is 7.86. The van der Waals surface area contributed by atoms with Gasteiger partial charge in [0.15, 0.2) is 11.9 Å². The lowest BCUT2D eigenvalue weighted by molar-refractivity contribution is -0.272. The maximum atomic E-state index is 13.0. The van der Waals surface area contributed by atoms with Crippen LogP contribution in [0.4, 0.5) is 0 Å². The molecule has 2 saturated heterocycles. The van der Waals surface area contributed by atoms with Crippen LogP contribution < -0.4 is 0 Å². The molecule has 0 aromatic heterocycles. The van der Waals surface area contributed by atoms with Gasteiger partial charge in [-0.1, -0.05) is 30.3 Å². The van der Waals surface area contributed by atoms with Gasteiger partial charge in [0.25, 0.3) is 15.9 Å². The summed E-state index contributed by atoms with van der Waals surface area (Å²) in [5.41, 5.74) is 0.836. The summed E-state index contributed by atoms with van der Waals surface area (Å²) in [6.07, 6.45) is -1.36. The zero-order chi connectivity index (χ0) is 19.0. The molecule has 9 heteroatoms. The minimum atomic E-state index is -3.81. The number of ether oxygens (including phenoxy) is 4. The van der Waals surface area contributed by atoms with Gasteiger partial charge in [-0.2, -0.15) is 8.42 Å². The molecular formula is C17H22O8S. The molecule has 2 aliphatic heterocycles. The second-order valence-electron chi connectivity index (χ2n) is 6.77. The fourth-order valence-electron chi connectivity index (χ4n) is 2.92. The number of hydrogen-bond donors (Lipinski definition) is 0. The Hall–Kier alpha value is -1.36. The van der Waals surface area contributed by atoms with E-state index >= 15 is 0 Å². The summed E-state index contributed by atoms with van der Waals surface area (Å²) >= 11 is 0. The molecule has 3 atom stereocenters. The molecular weight excluding hydrogens is 364 g/mol. The maximum absolute atomic E-state index is 13.0. The van der Waals surface area contributed by atoms with Crippen molar-refractivity contribution in [2.75, 3.05) is 19.5 Å². The van der Waals surface area contributed by atoms with Gasteiger partial charge in [0.1, 0.15) is 12.7 Å². The molecule has 0 saturated carbocycles. The molecule has 1 spiro atoms. The van der Waals surface area contributed by atoms with Gasteiger partial charge in [-0.3, -0.25) is 8.98 Å². The molecule has 2 heterocycles. The van der Waals surface area contributed by atoms with Crippen molar-refractivity contribution in [3.63, 3.8) is 0 Å². The van der Waals surface area contributed by atoms with Gasteiger partial charge in [0.05, 0.1) is 19.5 Å². The van der Waals surface area contributed by atoms with E-state index in [0.29, 0.717) is 0 Å². The van der Waals surface area contributed by atoms with Crippen LogP contribution in [-0.4, -0.2) is 57.5 Å². The molecule has 2 aliphatic rings. The minimum absolute atomic E-state index is 0.102. The van der Waals surface area contributed by atoms with Crippen LogP contribution in [0.3, 0.4) is 0 Å². The van der Waals surface area contributed by atoms with Crippen LogP contribution in [-0.2, 0) is 44.7 Å². The van der Waals surface area contributed by atoms with E-state index in [-0.39, 0.29) is 19.8 Å². The third kappa shape index (κ3) is 4.30. The average Bonchev–Trinajstić information content (AvgIpc) is 2.87. The summed E-state index contributed by atoms with van der Waals surface area (Å²) in [5.74, 6) is -3.18. The standard InChI is InChI=1S/C17H22O8S/c1-16(2)23-11-17(25-16)15(18)14(13(10-22-17)24-26(3,19)20)21-9-12-7-5-4-6-8-12/h4-8,13-14H,9-11H2,1-3H3/t13-,14-,17+/m1/s1. The van der Waals surface area contributed by atoms with Gasteiger partial charge >= 0.3 is 0 Å². The van der Waals surface area contributed by atoms with E-state index in [4.69, 9.17) is 23.1 Å². The van der Waals surface area contributed by atoms with Crippen molar-refractivity contribution in [3.8, 4) is 0 Å². The Morgan fingerprint density at radius 2 is 1.88 bits per heavy atom. The summed E-state index contributed by atoms with van der Waals surface area (Å²) in [4.78, 5) is 13.0. The Kier molecular flexibility index (Phi) is 5.22. The first-order valence-electron chi connectivity index (χ1n) is 8.16. The van der Waals surface area contributed by atoms with Crippen molar-refractivity contribution < 1.29 is 36.3 Å². The fourth-order valence-corrected chi connectivity index (χ4v) is 3.53. The van der Waals surface area contributed by atoms with Gasteiger partial charge in [-0.05, 0) is 19.4 Å². The van der Waals surface area contributed by atoms with E-state index in [1.54, 1.807) is 13.8 Å². The third-order valence-electron chi connectivity index (χ3n) is 4.04. The molecule has 8 nitrogen and oxygen atoms in total. The van der Waals surface area contributed by atoms with Gasteiger partial charge in [0, 0.05) is 0 Å². The number of rotatable bonds is 5. The predicted molar refractivity (Wildman–Crippen MR) is 89.5 cm³/mol. The number of benzene rings is 1. The Morgan fingerprint density at radius 1 is 1.19 bits per heavy atom. The van der Waals surface area contributed by atoms with Crippen molar-refractivity contribution in [2.45, 2.75) is 44.2 Å². The van der Waals surface area contributed by atoms with Crippen LogP contribution in [0.2, 0.25) is 0 Å². The fraction of sp³-hybridized carbons (Fsp3) is 0.588. The zero-order valence-electron chi connectivity index (χ0n) is 14.8. The van der Waals surface area contributed by atoms with Crippen molar-refractivity contribution in [1.29, 1.82) is 0 Å². The quantitative estimate of drug-likeness (QED) is 0.691. The normalized spacial score (nSPS) is 31.4. The van der Waals surface area contributed by atoms with Crippen molar-refractivity contribution in [1.82, 2.24) is 0 Å². The summed E-state index contributed by atoms with van der Waals surface area (Å²) in [6.45, 7) is 3.16. The zero-order valence-corrected chi connectivity index (χ0v) is 15.7. The smallest absolute Gasteiger partial charge is 0.264 e. The first-order chi connectivity index (χ1) is 12.1. The highest BCUT2D eigenvalue weighted by Crippen LogP contribution is 2.37. The summed E-state index contributed by atoms with van der Waals surface area (Å²) in [5, 5.41) is 0. The van der Waals surface area contributed by atoms with Crippen LogP contribution in [0.25, 0.3) is 0 Å². The van der Waals surface area contributed by atoms with Crippen LogP contribution >= 0.6 is 0 Å². The van der Waals surface area contributed by atoms with Gasteiger partial charge in [-0.15, -0.1) is 0 Å². The molecule has 2 fully saturated rings. The highest BCUT2D eigenvalue weighted by Gasteiger charge is 2.59. The van der Waals surface area contributed by atoms with Crippen LogP contribution in [0.5, 0.6) is 0 Å². The molecule has 0 unspecified atom stereocenters. The molecule has 1 aromatic carbocycles. The first-order valence-corrected chi connectivity index (χ1v) is 9.98. The van der Waals surface area contributed by atoms with E-state index in [2.05, 4.69) is 0 Å². The van der Waals surface area contributed by atoms with E-state index in [1.807, 2.05) is 30.3 Å². The van der Waals surface area contributed by atoms with Crippen LogP contribution in [0.15, 0.2) is 30.3 Å². The van der Waals surface area contributed by atoms with Crippen LogP contribution in [0.1, 0.15) is 19.4 Å². The van der Waals surface area contributed by atoms with Crippen molar-refractivity contribution in [2.24, 2.45) is 0 Å². The molecule has 0 amide bonds. The second-order valence-corrected chi connectivity index (χ2v) is 8.38. The monoisotopic (exact) mass is 386 g/mol. The topological polar surface area (TPSA) is 97.4 Å². The van der Waals surface area contributed by atoms with Gasteiger partial charge in [0.2, 0.25) is 5.78 Å². The molecule has 144 valence electrons. The van der Waals surface area contributed by atoms with Crippen LogP contribution in [0, 0.1) is 0 Å². The lowest BCUT2D eigenvalue weighted by Crippen LogP contribution is -2.61. The SMILES string of the molecule is CC1(C)OC[C@]2(OC[C@@H](OS(C)(=O)=O)[C@@H](OCc3ccccc3)C2=O)O1. The van der Waals surface area contributed by atoms with Gasteiger partial charge < -0.3 is 18.9 Å². The van der Waals surface area contributed by atoms with E-state index in [9.17, 15) is 13.2 Å². The van der Waals surface area contributed by atoms with Gasteiger partial charge in [-0.25, -0.2) is 0 Å². The largest absolute Gasteiger partial charge is 0.363 e. The van der Waals surface area contributed by atoms with E-state index in [1.165, 1.54) is 0 Å². The molecule has 0 N–H and O–H groups in total. The number of carbonyl (C=O) groups excluding carboxylic acids is 1. The highest BCUT2D eigenvalue weighted by atomic mass is 32.2. The second kappa shape index (κ2) is 6.99. The summed E-state index contributed by atoms with van der Waals surface area (Å²) < 4.78 is 50.5. The lowest BCUT2D eigenvalue weighted by Gasteiger charge is -2.39. The third-order valence-corrected chi connectivity index (χ3v) is 4.64. The first kappa shape index (κ1) is 19.4. The summed E-state index contributed by atoms with van der Waals surface area (Å²) in [7, 11) is -3.81. The Morgan fingerprint density at radius 3 is 2.46 bits per heavy atom.